The average molecular weight is 318 g/mol. The van der Waals surface area contributed by atoms with E-state index in [2.05, 4.69) is 17.3 Å². The molecule has 21 heavy (non-hydrogen) atoms. The van der Waals surface area contributed by atoms with Gasteiger partial charge in [0.1, 0.15) is 4.90 Å². The van der Waals surface area contributed by atoms with Gasteiger partial charge in [0.15, 0.2) is 0 Å². The number of aromatic nitrogens is 2. The van der Waals surface area contributed by atoms with E-state index in [1.807, 2.05) is 6.92 Å². The van der Waals surface area contributed by atoms with Crippen LogP contribution in [0.4, 0.5) is 0 Å². The smallest absolute Gasteiger partial charge is 0.246 e. The maximum atomic E-state index is 12.4. The van der Waals surface area contributed by atoms with Gasteiger partial charge in [-0.25, -0.2) is 8.42 Å². The number of nitrogens with one attached hydrogen (secondary N) is 1. The Morgan fingerprint density at radius 1 is 1.52 bits per heavy atom. The molecule has 0 aliphatic carbocycles. The van der Waals surface area contributed by atoms with Gasteiger partial charge in [0.05, 0.1) is 12.8 Å². The van der Waals surface area contributed by atoms with Gasteiger partial charge in [0, 0.05) is 32.9 Å². The van der Waals surface area contributed by atoms with Crippen LogP contribution >= 0.6 is 0 Å². The molecule has 0 aliphatic heterocycles. The predicted molar refractivity (Wildman–Crippen MR) is 81.7 cm³/mol. The van der Waals surface area contributed by atoms with E-state index in [1.165, 1.54) is 10.5 Å². The van der Waals surface area contributed by atoms with Gasteiger partial charge in [-0.15, -0.1) is 0 Å². The van der Waals surface area contributed by atoms with E-state index in [1.54, 1.807) is 25.0 Å². The number of aryl methyl sites for hydroxylation is 1. The molecule has 0 aromatic carbocycles. The van der Waals surface area contributed by atoms with E-state index in [9.17, 15) is 8.42 Å². The molecule has 0 saturated heterocycles. The highest BCUT2D eigenvalue weighted by atomic mass is 32.2. The molecule has 1 heterocycles. The van der Waals surface area contributed by atoms with E-state index in [-0.39, 0.29) is 10.9 Å². The Kier molecular flexibility index (Phi) is 7.30. The topological polar surface area (TPSA) is 76.5 Å². The summed E-state index contributed by atoms with van der Waals surface area (Å²) in [5, 5.41) is 7.34. The third kappa shape index (κ3) is 5.06. The molecule has 0 saturated carbocycles. The summed E-state index contributed by atoms with van der Waals surface area (Å²) in [5.41, 5.74) is 0. The molecule has 1 aromatic heterocycles. The highest BCUT2D eigenvalue weighted by Gasteiger charge is 2.26. The minimum absolute atomic E-state index is 0.219. The third-order valence-corrected chi connectivity index (χ3v) is 5.23. The zero-order chi connectivity index (χ0) is 15.9. The Bertz CT molecular complexity index is 515. The van der Waals surface area contributed by atoms with E-state index >= 15 is 0 Å². The average Bonchev–Trinajstić information content (AvgIpc) is 2.92. The Morgan fingerprint density at radius 3 is 2.86 bits per heavy atom. The first-order valence-corrected chi connectivity index (χ1v) is 8.57. The number of likely N-dealkylation sites (N-methyl/N-ethyl adjacent to an activating group) is 1. The first-order chi connectivity index (χ1) is 9.93. The Labute approximate surface area is 127 Å². The van der Waals surface area contributed by atoms with Crippen molar-refractivity contribution in [2.75, 3.05) is 33.9 Å². The van der Waals surface area contributed by atoms with Crippen LogP contribution in [0, 0.1) is 0 Å². The van der Waals surface area contributed by atoms with Gasteiger partial charge in [0.2, 0.25) is 10.0 Å². The molecule has 0 fully saturated rings. The van der Waals surface area contributed by atoms with Crippen molar-refractivity contribution in [2.45, 2.75) is 37.8 Å². The number of sulfonamides is 1. The van der Waals surface area contributed by atoms with Crippen LogP contribution in [-0.2, 0) is 21.3 Å². The van der Waals surface area contributed by atoms with Crippen LogP contribution in [0.15, 0.2) is 17.3 Å². The van der Waals surface area contributed by atoms with Gasteiger partial charge >= 0.3 is 0 Å². The molecule has 0 amide bonds. The Morgan fingerprint density at radius 2 is 2.24 bits per heavy atom. The molecule has 1 N–H and O–H groups in total. The number of ether oxygens (including phenoxy) is 1. The molecule has 122 valence electrons. The molecule has 1 rings (SSSR count). The molecule has 0 spiro atoms. The quantitative estimate of drug-likeness (QED) is 0.637. The van der Waals surface area contributed by atoms with Crippen LogP contribution in [0.1, 0.15) is 20.3 Å². The first-order valence-electron chi connectivity index (χ1n) is 7.13. The van der Waals surface area contributed by atoms with Crippen molar-refractivity contribution in [3.05, 3.63) is 12.4 Å². The summed E-state index contributed by atoms with van der Waals surface area (Å²) in [5.74, 6) is 0. The van der Waals surface area contributed by atoms with E-state index in [0.29, 0.717) is 13.2 Å². The lowest BCUT2D eigenvalue weighted by Crippen LogP contribution is -2.37. The van der Waals surface area contributed by atoms with Gasteiger partial charge < -0.3 is 10.1 Å². The fourth-order valence-corrected chi connectivity index (χ4v) is 3.19. The third-order valence-electron chi connectivity index (χ3n) is 3.31. The minimum Gasteiger partial charge on any atom is -0.383 e. The van der Waals surface area contributed by atoms with Crippen molar-refractivity contribution in [1.82, 2.24) is 19.4 Å². The molecule has 8 heteroatoms. The van der Waals surface area contributed by atoms with E-state index < -0.39 is 10.0 Å². The summed E-state index contributed by atoms with van der Waals surface area (Å²) >= 11 is 0. The van der Waals surface area contributed by atoms with Crippen molar-refractivity contribution in [1.29, 1.82) is 0 Å². The monoisotopic (exact) mass is 318 g/mol. The van der Waals surface area contributed by atoms with Crippen molar-refractivity contribution in [2.24, 2.45) is 0 Å². The van der Waals surface area contributed by atoms with Crippen LogP contribution in [0.3, 0.4) is 0 Å². The van der Waals surface area contributed by atoms with Crippen molar-refractivity contribution in [3.63, 3.8) is 0 Å². The predicted octanol–water partition coefficient (Wildman–Crippen LogP) is 0.538. The molecule has 1 aromatic rings. The van der Waals surface area contributed by atoms with Crippen LogP contribution in [-0.4, -0.2) is 62.4 Å². The van der Waals surface area contributed by atoms with Crippen LogP contribution in [0.5, 0.6) is 0 Å². The largest absolute Gasteiger partial charge is 0.383 e. The standard InChI is InChI=1S/C13H26N4O3S/c1-5-14-7-6-8-17-10-13(9-15-17)21(18,19)16(3)12(2)11-20-4/h9-10,12,14H,5-8,11H2,1-4H3. The summed E-state index contributed by atoms with van der Waals surface area (Å²) in [7, 11) is -0.409. The van der Waals surface area contributed by atoms with Crippen LogP contribution in [0.2, 0.25) is 0 Å². The molecule has 7 nitrogen and oxygen atoms in total. The first kappa shape index (κ1) is 18.1. The van der Waals surface area contributed by atoms with Crippen molar-refractivity contribution in [3.8, 4) is 0 Å². The highest BCUT2D eigenvalue weighted by Crippen LogP contribution is 2.16. The zero-order valence-electron chi connectivity index (χ0n) is 13.2. The minimum atomic E-state index is -3.52. The van der Waals surface area contributed by atoms with E-state index in [0.717, 1.165) is 19.5 Å². The molecule has 0 radical (unpaired) electrons. The van der Waals surface area contributed by atoms with Crippen LogP contribution in [0.25, 0.3) is 0 Å². The fraction of sp³-hybridized carbons (Fsp3) is 0.769. The lowest BCUT2D eigenvalue weighted by molar-refractivity contribution is 0.149. The van der Waals surface area contributed by atoms with Crippen LogP contribution < -0.4 is 5.32 Å². The second kappa shape index (κ2) is 8.47. The van der Waals surface area contributed by atoms with Crippen molar-refractivity contribution >= 4 is 10.0 Å². The second-order valence-electron chi connectivity index (χ2n) is 4.97. The second-order valence-corrected chi connectivity index (χ2v) is 6.97. The Hall–Kier alpha value is -0.960. The van der Waals surface area contributed by atoms with Crippen molar-refractivity contribution < 1.29 is 13.2 Å². The van der Waals surface area contributed by atoms with Gasteiger partial charge in [-0.1, -0.05) is 6.92 Å². The SMILES string of the molecule is CCNCCCn1cc(S(=O)(=O)N(C)C(C)COC)cn1. The maximum absolute atomic E-state index is 12.4. The highest BCUT2D eigenvalue weighted by molar-refractivity contribution is 7.89. The molecule has 0 aliphatic rings. The van der Waals surface area contributed by atoms with E-state index in [4.69, 9.17) is 4.74 Å². The number of hydrogen-bond acceptors (Lipinski definition) is 5. The fourth-order valence-electron chi connectivity index (χ4n) is 1.89. The van der Waals surface area contributed by atoms with Gasteiger partial charge in [-0.05, 0) is 26.4 Å². The maximum Gasteiger partial charge on any atom is 0.246 e. The summed E-state index contributed by atoms with van der Waals surface area (Å²) in [6.07, 6.45) is 3.89. The van der Waals surface area contributed by atoms with Gasteiger partial charge in [-0.2, -0.15) is 9.40 Å². The number of hydrogen-bond donors (Lipinski definition) is 1. The summed E-state index contributed by atoms with van der Waals surface area (Å²) in [6, 6.07) is -0.225. The number of methoxy groups -OCH3 is 1. The molecule has 1 atom stereocenters. The Balaban J connectivity index is 2.69. The summed E-state index contributed by atoms with van der Waals surface area (Å²) in [4.78, 5) is 0.219. The lowest BCUT2D eigenvalue weighted by Gasteiger charge is -2.22. The van der Waals surface area contributed by atoms with Gasteiger partial charge in [0.25, 0.3) is 0 Å². The summed E-state index contributed by atoms with van der Waals surface area (Å²) in [6.45, 7) is 6.73. The number of rotatable bonds is 10. The number of nitrogens with zero attached hydrogens (tertiary/aromatic N) is 3. The molecule has 1 unspecified atom stereocenters. The summed E-state index contributed by atoms with van der Waals surface area (Å²) < 4.78 is 32.9. The van der Waals surface area contributed by atoms with Gasteiger partial charge in [-0.3, -0.25) is 4.68 Å². The molecule has 0 bridgehead atoms. The normalized spacial score (nSPS) is 13.8. The zero-order valence-corrected chi connectivity index (χ0v) is 14.1. The molecular weight excluding hydrogens is 292 g/mol. The molecular formula is C13H26N4O3S. The lowest BCUT2D eigenvalue weighted by atomic mass is 10.4.